The minimum Gasteiger partial charge on any atom is -0.469 e. The van der Waals surface area contributed by atoms with Crippen molar-refractivity contribution in [2.45, 2.75) is 18.9 Å². The number of ether oxygens (including phenoxy) is 1. The summed E-state index contributed by atoms with van der Waals surface area (Å²) in [5.41, 5.74) is 3.03. The average Bonchev–Trinajstić information content (AvgIpc) is 2.71. The van der Waals surface area contributed by atoms with Crippen LogP contribution in [0.1, 0.15) is 30.0 Å². The lowest BCUT2D eigenvalue weighted by molar-refractivity contribution is -0.140. The molecule has 1 saturated heterocycles. The molecule has 1 amide bonds. The van der Waals surface area contributed by atoms with Crippen molar-refractivity contribution >= 4 is 23.6 Å². The van der Waals surface area contributed by atoms with Crippen LogP contribution in [0.15, 0.2) is 73.3 Å². The van der Waals surface area contributed by atoms with Crippen LogP contribution in [0.2, 0.25) is 0 Å². The molecular formula is C23H23NO3. The average molecular weight is 361 g/mol. The third-order valence-electron chi connectivity index (χ3n) is 4.76. The summed E-state index contributed by atoms with van der Waals surface area (Å²) in [6.45, 7) is 3.83. The number of β-lactam (4-membered cyclic amide) rings is 1. The molecule has 0 unspecified atom stereocenters. The molecule has 0 spiro atoms. The molecule has 0 radical (unpaired) electrons. The number of methoxy groups -OCH3 is 1. The molecule has 2 aromatic carbocycles. The fourth-order valence-corrected chi connectivity index (χ4v) is 3.30. The Balaban J connectivity index is 1.73. The van der Waals surface area contributed by atoms with Crippen LogP contribution < -0.4 is 4.90 Å². The highest BCUT2D eigenvalue weighted by Gasteiger charge is 2.46. The molecule has 1 aliphatic heterocycles. The van der Waals surface area contributed by atoms with E-state index in [9.17, 15) is 9.59 Å². The van der Waals surface area contributed by atoms with Crippen LogP contribution in [0, 0.1) is 5.92 Å². The maximum atomic E-state index is 12.5. The predicted octanol–water partition coefficient (Wildman–Crippen LogP) is 4.54. The molecule has 0 N–H and O–H groups in total. The first-order valence-electron chi connectivity index (χ1n) is 8.99. The van der Waals surface area contributed by atoms with Gasteiger partial charge in [-0.3, -0.25) is 9.59 Å². The van der Waals surface area contributed by atoms with Crippen molar-refractivity contribution in [3.63, 3.8) is 0 Å². The van der Waals surface area contributed by atoms with Gasteiger partial charge < -0.3 is 9.64 Å². The van der Waals surface area contributed by atoms with E-state index >= 15 is 0 Å². The first kappa shape index (κ1) is 18.6. The summed E-state index contributed by atoms with van der Waals surface area (Å²) in [4.78, 5) is 25.5. The molecule has 27 heavy (non-hydrogen) atoms. The topological polar surface area (TPSA) is 46.6 Å². The summed E-state index contributed by atoms with van der Waals surface area (Å²) < 4.78 is 4.63. The lowest BCUT2D eigenvalue weighted by atomic mass is 9.81. The quantitative estimate of drug-likeness (QED) is 0.413. The van der Waals surface area contributed by atoms with Gasteiger partial charge in [-0.2, -0.15) is 0 Å². The smallest absolute Gasteiger partial charge is 0.305 e. The molecule has 0 bridgehead atoms. The molecule has 4 heteroatoms. The summed E-state index contributed by atoms with van der Waals surface area (Å²) >= 11 is 0. The number of hydrogen-bond donors (Lipinski definition) is 0. The molecule has 4 nitrogen and oxygen atoms in total. The van der Waals surface area contributed by atoms with Crippen molar-refractivity contribution in [1.82, 2.24) is 0 Å². The molecule has 1 heterocycles. The van der Waals surface area contributed by atoms with Gasteiger partial charge >= 0.3 is 5.97 Å². The molecule has 2 atom stereocenters. The van der Waals surface area contributed by atoms with Crippen LogP contribution in [0.25, 0.3) is 6.08 Å². The minimum absolute atomic E-state index is 0.0326. The highest BCUT2D eigenvalue weighted by Crippen LogP contribution is 2.43. The van der Waals surface area contributed by atoms with Crippen molar-refractivity contribution in [1.29, 1.82) is 0 Å². The Hall–Kier alpha value is -3.14. The predicted molar refractivity (Wildman–Crippen MR) is 107 cm³/mol. The van der Waals surface area contributed by atoms with E-state index in [0.717, 1.165) is 16.8 Å². The van der Waals surface area contributed by atoms with Crippen molar-refractivity contribution < 1.29 is 14.3 Å². The van der Waals surface area contributed by atoms with E-state index in [1.165, 1.54) is 7.11 Å². The molecule has 1 fully saturated rings. The molecular weight excluding hydrogens is 338 g/mol. The van der Waals surface area contributed by atoms with Gasteiger partial charge in [0.15, 0.2) is 0 Å². The monoisotopic (exact) mass is 361 g/mol. The third kappa shape index (κ3) is 4.00. The summed E-state index contributed by atoms with van der Waals surface area (Å²) in [7, 11) is 1.39. The number of benzene rings is 2. The molecule has 0 aromatic heterocycles. The van der Waals surface area contributed by atoms with Gasteiger partial charge in [-0.05, 0) is 29.7 Å². The van der Waals surface area contributed by atoms with Crippen LogP contribution in [0.5, 0.6) is 0 Å². The van der Waals surface area contributed by atoms with E-state index < -0.39 is 0 Å². The van der Waals surface area contributed by atoms with E-state index in [0.29, 0.717) is 12.8 Å². The molecule has 0 aliphatic carbocycles. The summed E-state index contributed by atoms with van der Waals surface area (Å²) in [5.74, 6) is -0.333. The number of anilines is 1. The Morgan fingerprint density at radius 1 is 1.15 bits per heavy atom. The number of carbonyl (C=O) groups is 2. The van der Waals surface area contributed by atoms with Crippen LogP contribution in [0.4, 0.5) is 5.69 Å². The number of para-hydroxylation sites is 1. The Labute approximate surface area is 159 Å². The zero-order valence-corrected chi connectivity index (χ0v) is 15.4. The Morgan fingerprint density at radius 3 is 2.48 bits per heavy atom. The second-order valence-corrected chi connectivity index (χ2v) is 6.43. The Bertz CT molecular complexity index is 840. The molecule has 1 aliphatic rings. The van der Waals surface area contributed by atoms with Gasteiger partial charge in [0, 0.05) is 12.1 Å². The lowest BCUT2D eigenvalue weighted by Crippen LogP contribution is -2.54. The van der Waals surface area contributed by atoms with Crippen molar-refractivity contribution in [2.75, 3.05) is 12.0 Å². The lowest BCUT2D eigenvalue weighted by Gasteiger charge is -2.46. The number of allylic oxidation sites excluding steroid dienone is 1. The molecule has 138 valence electrons. The largest absolute Gasteiger partial charge is 0.469 e. The van der Waals surface area contributed by atoms with Crippen LogP contribution >= 0.6 is 0 Å². The van der Waals surface area contributed by atoms with Crippen molar-refractivity contribution in [2.24, 2.45) is 5.92 Å². The van der Waals surface area contributed by atoms with Crippen molar-refractivity contribution in [3.8, 4) is 0 Å². The molecule has 0 saturated carbocycles. The van der Waals surface area contributed by atoms with E-state index in [1.54, 1.807) is 6.08 Å². The second kappa shape index (κ2) is 8.49. The van der Waals surface area contributed by atoms with E-state index in [2.05, 4.69) is 11.3 Å². The normalized spacial score (nSPS) is 19.0. The fourth-order valence-electron chi connectivity index (χ4n) is 3.30. The van der Waals surface area contributed by atoms with Gasteiger partial charge in [0.05, 0.1) is 19.1 Å². The Morgan fingerprint density at radius 2 is 1.85 bits per heavy atom. The zero-order chi connectivity index (χ0) is 19.2. The van der Waals surface area contributed by atoms with Crippen molar-refractivity contribution in [3.05, 3.63) is 84.5 Å². The first-order valence-corrected chi connectivity index (χ1v) is 8.99. The van der Waals surface area contributed by atoms with E-state index in [4.69, 9.17) is 0 Å². The zero-order valence-electron chi connectivity index (χ0n) is 15.4. The number of carbonyl (C=O) groups excluding carboxylic acids is 2. The standard InChI is InChI=1S/C23H23NO3/c1-3-20-22(24(23(20)26)19-10-5-4-6-11-19)18-15-13-17(14-16-18)9-7-8-12-21(25)27-2/h3-7,9-11,13-16,20,22H,1,8,12H2,2H3/b9-7+/t20-,22-/m1/s1. The number of rotatable bonds is 7. The van der Waals surface area contributed by atoms with Gasteiger partial charge in [0.1, 0.15) is 0 Å². The highest BCUT2D eigenvalue weighted by atomic mass is 16.5. The van der Waals surface area contributed by atoms with E-state index in [1.807, 2.05) is 71.6 Å². The fraction of sp³-hybridized carbons (Fsp3) is 0.217. The maximum absolute atomic E-state index is 12.5. The number of esters is 1. The van der Waals surface area contributed by atoms with Crippen LogP contribution in [-0.2, 0) is 14.3 Å². The highest BCUT2D eigenvalue weighted by molar-refractivity contribution is 6.04. The minimum atomic E-state index is -0.207. The summed E-state index contributed by atoms with van der Waals surface area (Å²) in [5, 5.41) is 0. The van der Waals surface area contributed by atoms with Gasteiger partial charge in [0.25, 0.3) is 0 Å². The van der Waals surface area contributed by atoms with Gasteiger partial charge in [-0.15, -0.1) is 6.58 Å². The van der Waals surface area contributed by atoms with E-state index in [-0.39, 0.29) is 23.8 Å². The molecule has 2 aromatic rings. The third-order valence-corrected chi connectivity index (χ3v) is 4.76. The Kier molecular flexibility index (Phi) is 5.87. The molecule has 3 rings (SSSR count). The first-order chi connectivity index (χ1) is 13.2. The maximum Gasteiger partial charge on any atom is 0.305 e. The number of amides is 1. The van der Waals surface area contributed by atoms with Gasteiger partial charge in [0.2, 0.25) is 5.91 Å². The summed E-state index contributed by atoms with van der Waals surface area (Å²) in [6, 6.07) is 17.8. The van der Waals surface area contributed by atoms with Gasteiger partial charge in [-0.1, -0.05) is 60.7 Å². The number of nitrogens with zero attached hydrogens (tertiary/aromatic N) is 1. The second-order valence-electron chi connectivity index (χ2n) is 6.43. The summed E-state index contributed by atoms with van der Waals surface area (Å²) in [6.07, 6.45) is 6.70. The van der Waals surface area contributed by atoms with Crippen LogP contribution in [0.3, 0.4) is 0 Å². The van der Waals surface area contributed by atoms with Crippen LogP contribution in [-0.4, -0.2) is 19.0 Å². The van der Waals surface area contributed by atoms with Gasteiger partial charge in [-0.25, -0.2) is 0 Å². The number of hydrogen-bond acceptors (Lipinski definition) is 3. The SMILES string of the molecule is C=C[C@H]1C(=O)N(c2ccccc2)[C@@H]1c1ccc(/C=C/CCC(=O)OC)cc1.